The van der Waals surface area contributed by atoms with Gasteiger partial charge in [0.05, 0.1) is 47.1 Å². The van der Waals surface area contributed by atoms with Crippen LogP contribution in [-0.2, 0) is 19.2 Å². The largest absolute Gasteiger partial charge is 0.494 e. The van der Waals surface area contributed by atoms with E-state index in [2.05, 4.69) is 4.98 Å². The van der Waals surface area contributed by atoms with Gasteiger partial charge in [0.2, 0.25) is 0 Å². The number of hydrogen-bond acceptors (Lipinski definition) is 5. The number of para-hydroxylation sites is 1. The van der Waals surface area contributed by atoms with E-state index in [1.165, 1.54) is 12.1 Å². The lowest BCUT2D eigenvalue weighted by Gasteiger charge is -2.21. The van der Waals surface area contributed by atoms with Crippen molar-refractivity contribution in [2.45, 2.75) is 39.1 Å². The van der Waals surface area contributed by atoms with E-state index in [1.807, 2.05) is 19.9 Å². The van der Waals surface area contributed by atoms with E-state index in [-0.39, 0.29) is 18.6 Å². The summed E-state index contributed by atoms with van der Waals surface area (Å²) in [6, 6.07) is 18.6. The van der Waals surface area contributed by atoms with Gasteiger partial charge in [-0.1, -0.05) is 24.3 Å². The molecule has 1 atom stereocenters. The lowest BCUT2D eigenvalue weighted by molar-refractivity contribution is -0.137. The standard InChI is InChI=1S/C30H27F3N4O3/c1-3-40-24-14-12-23(13-15-24)37-28(35-26-7-5-4-6-25(26)29(37)39)19(2)36-17-22(18-38)34-27(36)16-20-8-10-21(11-9-20)30(31,32)33/h4-15,17,19,38H,3,16,18H2,1-2H3. The highest BCUT2D eigenvalue weighted by atomic mass is 19.4. The molecule has 0 aliphatic carbocycles. The quantitative estimate of drug-likeness (QED) is 0.269. The first kappa shape index (κ1) is 27.1. The second kappa shape index (κ2) is 11.0. The van der Waals surface area contributed by atoms with Crippen molar-refractivity contribution in [1.29, 1.82) is 0 Å². The highest BCUT2D eigenvalue weighted by Crippen LogP contribution is 2.30. The van der Waals surface area contributed by atoms with Gasteiger partial charge in [-0.15, -0.1) is 0 Å². The Morgan fingerprint density at radius 1 is 0.975 bits per heavy atom. The van der Waals surface area contributed by atoms with Crippen molar-refractivity contribution in [2.24, 2.45) is 0 Å². The zero-order valence-electron chi connectivity index (χ0n) is 21.9. The van der Waals surface area contributed by atoms with Crippen LogP contribution in [0, 0.1) is 0 Å². The van der Waals surface area contributed by atoms with Gasteiger partial charge in [-0.05, 0) is 67.9 Å². The minimum atomic E-state index is -4.43. The lowest BCUT2D eigenvalue weighted by Crippen LogP contribution is -2.27. The summed E-state index contributed by atoms with van der Waals surface area (Å²) >= 11 is 0. The number of halogens is 3. The average molecular weight is 549 g/mol. The Bertz CT molecular complexity index is 1690. The third-order valence-electron chi connectivity index (χ3n) is 6.66. The van der Waals surface area contributed by atoms with Crippen LogP contribution in [0.25, 0.3) is 16.6 Å². The number of aromatic nitrogens is 4. The molecule has 40 heavy (non-hydrogen) atoms. The van der Waals surface area contributed by atoms with Gasteiger partial charge in [-0.25, -0.2) is 9.97 Å². The van der Waals surface area contributed by atoms with Crippen molar-refractivity contribution in [2.75, 3.05) is 6.61 Å². The maximum Gasteiger partial charge on any atom is 0.416 e. The van der Waals surface area contributed by atoms with Crippen LogP contribution in [0.2, 0.25) is 0 Å². The Hall–Kier alpha value is -4.44. The fraction of sp³-hybridized carbons (Fsp3) is 0.233. The van der Waals surface area contributed by atoms with E-state index in [0.717, 1.165) is 12.1 Å². The molecule has 2 aromatic heterocycles. The summed E-state index contributed by atoms with van der Waals surface area (Å²) in [5, 5.41) is 10.3. The topological polar surface area (TPSA) is 82.2 Å². The van der Waals surface area contributed by atoms with Gasteiger partial charge in [0.1, 0.15) is 17.4 Å². The molecule has 0 saturated carbocycles. The second-order valence-corrected chi connectivity index (χ2v) is 9.32. The molecular weight excluding hydrogens is 521 g/mol. The number of aliphatic hydroxyl groups is 1. The van der Waals surface area contributed by atoms with Crippen LogP contribution < -0.4 is 10.3 Å². The predicted octanol–water partition coefficient (Wildman–Crippen LogP) is 5.69. The Morgan fingerprint density at radius 3 is 2.33 bits per heavy atom. The van der Waals surface area contributed by atoms with E-state index < -0.39 is 17.8 Å². The Balaban J connectivity index is 1.61. The minimum Gasteiger partial charge on any atom is -0.494 e. The molecule has 0 aliphatic heterocycles. The van der Waals surface area contributed by atoms with Gasteiger partial charge >= 0.3 is 6.18 Å². The third-order valence-corrected chi connectivity index (χ3v) is 6.66. The number of aliphatic hydroxyl groups excluding tert-OH is 1. The molecule has 10 heteroatoms. The van der Waals surface area contributed by atoms with Gasteiger partial charge in [-0.3, -0.25) is 9.36 Å². The number of alkyl halides is 3. The third kappa shape index (κ3) is 5.35. The molecule has 2 heterocycles. The molecule has 0 radical (unpaired) electrons. The number of ether oxygens (including phenoxy) is 1. The van der Waals surface area contributed by atoms with Crippen LogP contribution in [0.5, 0.6) is 5.75 Å². The first-order valence-corrected chi connectivity index (χ1v) is 12.8. The molecule has 5 aromatic rings. The Morgan fingerprint density at radius 2 is 1.68 bits per heavy atom. The van der Waals surface area contributed by atoms with E-state index in [4.69, 9.17) is 9.72 Å². The number of imidazole rings is 1. The normalized spacial score (nSPS) is 12.6. The van der Waals surface area contributed by atoms with Crippen LogP contribution in [0.1, 0.15) is 48.4 Å². The highest BCUT2D eigenvalue weighted by molar-refractivity contribution is 5.78. The SMILES string of the molecule is CCOc1ccc(-n2c(C(C)n3cc(CO)nc3Cc3ccc(C(F)(F)F)cc3)nc3ccccc3c2=O)cc1. The van der Waals surface area contributed by atoms with Gasteiger partial charge in [-0.2, -0.15) is 13.2 Å². The molecule has 0 fully saturated rings. The van der Waals surface area contributed by atoms with Crippen molar-refractivity contribution in [3.8, 4) is 11.4 Å². The van der Waals surface area contributed by atoms with Crippen molar-refractivity contribution in [1.82, 2.24) is 19.1 Å². The van der Waals surface area contributed by atoms with Gasteiger partial charge in [0.25, 0.3) is 5.56 Å². The van der Waals surface area contributed by atoms with Gasteiger partial charge in [0.15, 0.2) is 0 Å². The molecule has 0 bridgehead atoms. The fourth-order valence-electron chi connectivity index (χ4n) is 4.69. The number of hydrogen-bond donors (Lipinski definition) is 1. The zero-order valence-corrected chi connectivity index (χ0v) is 21.9. The number of fused-ring (bicyclic) bond motifs is 1. The molecule has 3 aromatic carbocycles. The van der Waals surface area contributed by atoms with E-state index in [0.29, 0.717) is 51.9 Å². The van der Waals surface area contributed by atoms with Crippen LogP contribution in [0.3, 0.4) is 0 Å². The second-order valence-electron chi connectivity index (χ2n) is 9.32. The first-order chi connectivity index (χ1) is 19.2. The van der Waals surface area contributed by atoms with Crippen LogP contribution >= 0.6 is 0 Å². The van der Waals surface area contributed by atoms with E-state index in [1.54, 1.807) is 57.8 Å². The molecule has 206 valence electrons. The van der Waals surface area contributed by atoms with Crippen molar-refractivity contribution >= 4 is 10.9 Å². The predicted molar refractivity (Wildman–Crippen MR) is 145 cm³/mol. The molecule has 0 saturated heterocycles. The summed E-state index contributed by atoms with van der Waals surface area (Å²) in [5.41, 5.74) is 1.16. The molecule has 1 N–H and O–H groups in total. The maximum absolute atomic E-state index is 13.8. The summed E-state index contributed by atoms with van der Waals surface area (Å²) in [5.74, 6) is 1.61. The molecule has 0 aliphatic rings. The van der Waals surface area contributed by atoms with Crippen molar-refractivity contribution in [3.63, 3.8) is 0 Å². The fourth-order valence-corrected chi connectivity index (χ4v) is 4.69. The first-order valence-electron chi connectivity index (χ1n) is 12.8. The van der Waals surface area contributed by atoms with Crippen LogP contribution in [0.4, 0.5) is 13.2 Å². The van der Waals surface area contributed by atoms with Gasteiger partial charge in [0, 0.05) is 12.6 Å². The highest BCUT2D eigenvalue weighted by Gasteiger charge is 2.30. The summed E-state index contributed by atoms with van der Waals surface area (Å²) in [7, 11) is 0. The molecular formula is C30H27F3N4O3. The van der Waals surface area contributed by atoms with Crippen LogP contribution in [-0.4, -0.2) is 30.8 Å². The molecule has 0 amide bonds. The monoisotopic (exact) mass is 548 g/mol. The van der Waals surface area contributed by atoms with E-state index >= 15 is 0 Å². The summed E-state index contributed by atoms with van der Waals surface area (Å²) in [4.78, 5) is 23.2. The van der Waals surface area contributed by atoms with E-state index in [9.17, 15) is 23.1 Å². The van der Waals surface area contributed by atoms with Gasteiger partial charge < -0.3 is 14.4 Å². The Kier molecular flexibility index (Phi) is 7.44. The number of nitrogens with zero attached hydrogens (tertiary/aromatic N) is 4. The summed E-state index contributed by atoms with van der Waals surface area (Å²) in [6.45, 7) is 3.94. The molecule has 7 nitrogen and oxygen atoms in total. The van der Waals surface area contributed by atoms with Crippen LogP contribution in [0.15, 0.2) is 83.8 Å². The number of benzene rings is 3. The smallest absolute Gasteiger partial charge is 0.416 e. The zero-order chi connectivity index (χ0) is 28.4. The lowest BCUT2D eigenvalue weighted by atomic mass is 10.1. The minimum absolute atomic E-state index is 0.212. The summed E-state index contributed by atoms with van der Waals surface area (Å²) in [6.07, 6.45) is -2.54. The number of rotatable bonds is 8. The summed E-state index contributed by atoms with van der Waals surface area (Å²) < 4.78 is 48.0. The van der Waals surface area contributed by atoms with Crippen molar-refractivity contribution in [3.05, 3.63) is 118 Å². The molecule has 5 rings (SSSR count). The average Bonchev–Trinajstić information content (AvgIpc) is 3.36. The molecule has 1 unspecified atom stereocenters. The molecule has 0 spiro atoms. The van der Waals surface area contributed by atoms with Crippen molar-refractivity contribution < 1.29 is 23.0 Å². The maximum atomic E-state index is 13.8. The Labute approximate surface area is 228 Å².